The average molecular weight is 251 g/mol. The fourth-order valence-electron chi connectivity index (χ4n) is 1.43. The first-order valence-electron chi connectivity index (χ1n) is 5.25. The first-order chi connectivity index (χ1) is 8.10. The molecule has 1 aromatic heterocycles. The lowest BCUT2D eigenvalue weighted by Gasteiger charge is -2.08. The summed E-state index contributed by atoms with van der Waals surface area (Å²) in [5, 5.41) is 0.365. The second-order valence-corrected chi connectivity index (χ2v) is 4.84. The largest absolute Gasteiger partial charge is 0.491 e. The Labute approximate surface area is 103 Å². The SMILES string of the molecule is COC(=O)c1nc2ccc(OC(C)C)cc2s1. The van der Waals surface area contributed by atoms with Crippen molar-refractivity contribution in [2.24, 2.45) is 0 Å². The molecule has 0 amide bonds. The molecule has 0 N–H and O–H groups in total. The molecule has 1 heterocycles. The molecule has 4 nitrogen and oxygen atoms in total. The van der Waals surface area contributed by atoms with Gasteiger partial charge in [-0.25, -0.2) is 9.78 Å². The van der Waals surface area contributed by atoms with Gasteiger partial charge in [0.1, 0.15) is 5.75 Å². The number of fused-ring (bicyclic) bond motifs is 1. The lowest BCUT2D eigenvalue weighted by molar-refractivity contribution is 0.0600. The minimum atomic E-state index is -0.405. The smallest absolute Gasteiger partial charge is 0.367 e. The van der Waals surface area contributed by atoms with E-state index in [1.807, 2.05) is 32.0 Å². The van der Waals surface area contributed by atoms with Gasteiger partial charge in [-0.3, -0.25) is 0 Å². The Morgan fingerprint density at radius 2 is 2.18 bits per heavy atom. The molecule has 0 fully saturated rings. The summed E-state index contributed by atoms with van der Waals surface area (Å²) in [4.78, 5) is 15.5. The fraction of sp³-hybridized carbons (Fsp3) is 0.333. The number of nitrogens with zero attached hydrogens (tertiary/aromatic N) is 1. The molecule has 0 saturated heterocycles. The number of methoxy groups -OCH3 is 1. The molecule has 0 aliphatic heterocycles. The van der Waals surface area contributed by atoms with E-state index in [-0.39, 0.29) is 6.10 Å². The van der Waals surface area contributed by atoms with Gasteiger partial charge >= 0.3 is 5.97 Å². The van der Waals surface area contributed by atoms with Gasteiger partial charge < -0.3 is 9.47 Å². The lowest BCUT2D eigenvalue weighted by atomic mass is 10.3. The number of aromatic nitrogens is 1. The van der Waals surface area contributed by atoms with Crippen LogP contribution in [0.5, 0.6) is 5.75 Å². The van der Waals surface area contributed by atoms with Crippen molar-refractivity contribution in [2.75, 3.05) is 7.11 Å². The molecule has 2 rings (SSSR count). The summed E-state index contributed by atoms with van der Waals surface area (Å²) in [7, 11) is 1.35. The molecule has 0 atom stereocenters. The molecule has 0 aliphatic carbocycles. The highest BCUT2D eigenvalue weighted by atomic mass is 32.1. The van der Waals surface area contributed by atoms with Gasteiger partial charge in [-0.05, 0) is 32.0 Å². The number of carbonyl (C=O) groups excluding carboxylic acids is 1. The highest BCUT2D eigenvalue weighted by molar-refractivity contribution is 7.20. The molecule has 0 spiro atoms. The van der Waals surface area contributed by atoms with Gasteiger partial charge in [-0.1, -0.05) is 0 Å². The normalized spacial score (nSPS) is 10.8. The van der Waals surface area contributed by atoms with Crippen LogP contribution < -0.4 is 4.74 Å². The van der Waals surface area contributed by atoms with Crippen molar-refractivity contribution in [3.63, 3.8) is 0 Å². The van der Waals surface area contributed by atoms with E-state index in [1.165, 1.54) is 18.4 Å². The van der Waals surface area contributed by atoms with Gasteiger partial charge in [0, 0.05) is 0 Å². The van der Waals surface area contributed by atoms with E-state index in [4.69, 9.17) is 4.74 Å². The van der Waals surface area contributed by atoms with Crippen LogP contribution >= 0.6 is 11.3 Å². The van der Waals surface area contributed by atoms with Gasteiger partial charge in [-0.2, -0.15) is 0 Å². The number of hydrogen-bond donors (Lipinski definition) is 0. The third-order valence-electron chi connectivity index (χ3n) is 2.09. The molecular formula is C12H13NO3S. The summed E-state index contributed by atoms with van der Waals surface area (Å²) < 4.78 is 11.1. The second kappa shape index (κ2) is 4.71. The molecule has 90 valence electrons. The number of hydrogen-bond acceptors (Lipinski definition) is 5. The van der Waals surface area contributed by atoms with Crippen LogP contribution in [0.15, 0.2) is 18.2 Å². The van der Waals surface area contributed by atoms with E-state index >= 15 is 0 Å². The van der Waals surface area contributed by atoms with Crippen LogP contribution in [0, 0.1) is 0 Å². The van der Waals surface area contributed by atoms with E-state index in [0.29, 0.717) is 5.01 Å². The predicted octanol–water partition coefficient (Wildman–Crippen LogP) is 2.87. The fourth-order valence-corrected chi connectivity index (χ4v) is 2.34. The van der Waals surface area contributed by atoms with Crippen molar-refractivity contribution in [3.05, 3.63) is 23.2 Å². The number of thiazole rings is 1. The average Bonchev–Trinajstić information content (AvgIpc) is 2.70. The highest BCUT2D eigenvalue weighted by Crippen LogP contribution is 2.27. The third-order valence-corrected chi connectivity index (χ3v) is 3.09. The predicted molar refractivity (Wildman–Crippen MR) is 66.7 cm³/mol. The summed E-state index contributed by atoms with van der Waals surface area (Å²) in [6.45, 7) is 3.94. The first kappa shape index (κ1) is 11.9. The zero-order valence-corrected chi connectivity index (χ0v) is 10.7. The highest BCUT2D eigenvalue weighted by Gasteiger charge is 2.12. The molecule has 1 aromatic carbocycles. The topological polar surface area (TPSA) is 48.4 Å². The Morgan fingerprint density at radius 3 is 2.82 bits per heavy atom. The summed E-state index contributed by atoms with van der Waals surface area (Å²) >= 11 is 1.31. The van der Waals surface area contributed by atoms with Gasteiger partial charge in [0.25, 0.3) is 0 Å². The number of rotatable bonds is 3. The van der Waals surface area contributed by atoms with Crippen molar-refractivity contribution in [1.82, 2.24) is 4.98 Å². The second-order valence-electron chi connectivity index (χ2n) is 3.81. The Hall–Kier alpha value is -1.62. The standard InChI is InChI=1S/C12H13NO3S/c1-7(2)16-8-4-5-9-10(6-8)17-11(13-9)12(14)15-3/h4-7H,1-3H3. The van der Waals surface area contributed by atoms with E-state index in [2.05, 4.69) is 9.72 Å². The van der Waals surface area contributed by atoms with Gasteiger partial charge in [0.2, 0.25) is 5.01 Å². The molecule has 0 bridgehead atoms. The maximum atomic E-state index is 11.3. The number of esters is 1. The quantitative estimate of drug-likeness (QED) is 0.787. The zero-order valence-electron chi connectivity index (χ0n) is 9.89. The summed E-state index contributed by atoms with van der Waals surface area (Å²) in [5.41, 5.74) is 0.784. The van der Waals surface area contributed by atoms with E-state index in [9.17, 15) is 4.79 Å². The maximum absolute atomic E-state index is 11.3. The number of carbonyl (C=O) groups is 1. The monoisotopic (exact) mass is 251 g/mol. The van der Waals surface area contributed by atoms with Crippen LogP contribution in [0.2, 0.25) is 0 Å². The Bertz CT molecular complexity index is 548. The number of ether oxygens (including phenoxy) is 2. The van der Waals surface area contributed by atoms with Crippen LogP contribution in [0.4, 0.5) is 0 Å². The van der Waals surface area contributed by atoms with E-state index < -0.39 is 5.97 Å². The number of benzene rings is 1. The van der Waals surface area contributed by atoms with Crippen LogP contribution in [0.1, 0.15) is 23.6 Å². The van der Waals surface area contributed by atoms with Crippen molar-refractivity contribution < 1.29 is 14.3 Å². The third kappa shape index (κ3) is 2.55. The maximum Gasteiger partial charge on any atom is 0.367 e. The van der Waals surface area contributed by atoms with Crippen LogP contribution in [-0.4, -0.2) is 24.2 Å². The summed E-state index contributed by atoms with van der Waals surface area (Å²) in [6.07, 6.45) is 0.125. The lowest BCUT2D eigenvalue weighted by Crippen LogP contribution is -2.04. The van der Waals surface area contributed by atoms with Crippen LogP contribution in [0.3, 0.4) is 0 Å². The van der Waals surface area contributed by atoms with E-state index in [0.717, 1.165) is 16.0 Å². The minimum absolute atomic E-state index is 0.125. The molecular weight excluding hydrogens is 238 g/mol. The molecule has 2 aromatic rings. The van der Waals surface area contributed by atoms with Crippen molar-refractivity contribution in [3.8, 4) is 5.75 Å². The van der Waals surface area contributed by atoms with Gasteiger partial charge in [-0.15, -0.1) is 11.3 Å². The van der Waals surface area contributed by atoms with E-state index in [1.54, 1.807) is 0 Å². The van der Waals surface area contributed by atoms with Crippen LogP contribution in [0.25, 0.3) is 10.2 Å². The molecule has 0 unspecified atom stereocenters. The molecule has 0 aliphatic rings. The Balaban J connectivity index is 2.37. The van der Waals surface area contributed by atoms with Gasteiger partial charge in [0.05, 0.1) is 23.4 Å². The Morgan fingerprint density at radius 1 is 1.41 bits per heavy atom. The van der Waals surface area contributed by atoms with Crippen molar-refractivity contribution in [2.45, 2.75) is 20.0 Å². The molecule has 17 heavy (non-hydrogen) atoms. The molecule has 0 saturated carbocycles. The first-order valence-corrected chi connectivity index (χ1v) is 6.07. The summed E-state index contributed by atoms with van der Waals surface area (Å²) in [5.74, 6) is 0.380. The Kier molecular flexibility index (Phi) is 3.28. The van der Waals surface area contributed by atoms with Crippen molar-refractivity contribution >= 4 is 27.5 Å². The molecule has 0 radical (unpaired) electrons. The zero-order chi connectivity index (χ0) is 12.4. The van der Waals surface area contributed by atoms with Gasteiger partial charge in [0.15, 0.2) is 0 Å². The molecule has 5 heteroatoms. The van der Waals surface area contributed by atoms with Crippen molar-refractivity contribution in [1.29, 1.82) is 0 Å². The van der Waals surface area contributed by atoms with Crippen LogP contribution in [-0.2, 0) is 4.74 Å². The minimum Gasteiger partial charge on any atom is -0.491 e. The summed E-state index contributed by atoms with van der Waals surface area (Å²) in [6, 6.07) is 5.58.